The molecule has 1 N–H and O–H groups in total. The van der Waals surface area contributed by atoms with E-state index in [-0.39, 0.29) is 23.7 Å². The lowest BCUT2D eigenvalue weighted by atomic mass is 10.1. The van der Waals surface area contributed by atoms with E-state index in [1.165, 1.54) is 18.2 Å². The number of nitrogens with one attached hydrogen (secondary N) is 1. The third kappa shape index (κ3) is 3.28. The second kappa shape index (κ2) is 6.69. The van der Waals surface area contributed by atoms with Gasteiger partial charge >= 0.3 is 0 Å². The number of nitrogens with zero attached hydrogens (tertiary/aromatic N) is 2. The molecule has 4 nitrogen and oxygen atoms in total. The molecule has 0 radical (unpaired) electrons. The Hall–Kier alpha value is -2.65. The molecule has 3 rings (SSSR count). The number of para-hydroxylation sites is 1. The monoisotopic (exact) mass is 361 g/mol. The van der Waals surface area contributed by atoms with Crippen molar-refractivity contribution in [3.63, 3.8) is 0 Å². The highest BCUT2D eigenvalue weighted by molar-refractivity contribution is 6.31. The van der Waals surface area contributed by atoms with Crippen molar-refractivity contribution in [3.8, 4) is 6.07 Å². The minimum Gasteiger partial charge on any atom is -0.339 e. The van der Waals surface area contributed by atoms with Gasteiger partial charge in [0.05, 0.1) is 28.9 Å². The predicted octanol–water partition coefficient (Wildman–Crippen LogP) is 4.88. The first-order valence-electron chi connectivity index (χ1n) is 7.61. The summed E-state index contributed by atoms with van der Waals surface area (Å²) in [6, 6.07) is 11.3. The van der Waals surface area contributed by atoms with E-state index in [1.807, 2.05) is 6.07 Å². The largest absolute Gasteiger partial charge is 0.339 e. The second-order valence-electron chi connectivity index (χ2n) is 5.85. The van der Waals surface area contributed by atoms with Gasteiger partial charge in [0.2, 0.25) is 5.91 Å². The Morgan fingerprint density at radius 3 is 2.80 bits per heavy atom. The van der Waals surface area contributed by atoms with Crippen molar-refractivity contribution in [1.82, 2.24) is 0 Å². The second-order valence-corrected chi connectivity index (χ2v) is 6.29. The number of rotatable bonds is 2. The molecule has 0 spiro atoms. The van der Waals surface area contributed by atoms with Gasteiger partial charge in [-0.2, -0.15) is 5.26 Å². The molecule has 2 aromatic carbocycles. The molecule has 1 aliphatic rings. The van der Waals surface area contributed by atoms with Crippen LogP contribution in [0.2, 0.25) is 5.02 Å². The van der Waals surface area contributed by atoms with Gasteiger partial charge in [0.15, 0.2) is 0 Å². The summed E-state index contributed by atoms with van der Waals surface area (Å²) in [5.74, 6) is -0.776. The van der Waals surface area contributed by atoms with Gasteiger partial charge in [0.25, 0.3) is 6.43 Å². The van der Waals surface area contributed by atoms with Crippen LogP contribution in [0.25, 0.3) is 0 Å². The van der Waals surface area contributed by atoms with Gasteiger partial charge in [-0.3, -0.25) is 4.79 Å². The van der Waals surface area contributed by atoms with Crippen LogP contribution in [0.15, 0.2) is 36.4 Å². The van der Waals surface area contributed by atoms with Crippen molar-refractivity contribution in [2.45, 2.75) is 13.3 Å². The number of anilines is 3. The first-order chi connectivity index (χ1) is 11.9. The molecule has 128 valence electrons. The van der Waals surface area contributed by atoms with Crippen LogP contribution in [0, 0.1) is 17.2 Å². The molecule has 0 fully saturated rings. The predicted molar refractivity (Wildman–Crippen MR) is 92.4 cm³/mol. The lowest BCUT2D eigenvalue weighted by Crippen LogP contribution is -2.27. The number of amides is 1. The molecule has 7 heteroatoms. The lowest BCUT2D eigenvalue weighted by molar-refractivity contribution is -0.119. The molecule has 1 heterocycles. The van der Waals surface area contributed by atoms with Crippen molar-refractivity contribution < 1.29 is 13.6 Å². The Morgan fingerprint density at radius 2 is 2.12 bits per heavy atom. The fraction of sp³-hybridized carbons (Fsp3) is 0.222. The third-order valence-corrected chi connectivity index (χ3v) is 4.29. The number of halogens is 3. The SMILES string of the molecule is CC1CN(c2cc(Cl)cc(C#N)c2)c2cccc(C(F)F)c2NC1=O. The van der Waals surface area contributed by atoms with Gasteiger partial charge < -0.3 is 10.2 Å². The van der Waals surface area contributed by atoms with Crippen molar-refractivity contribution in [2.75, 3.05) is 16.8 Å². The van der Waals surface area contributed by atoms with Crippen LogP contribution in [-0.4, -0.2) is 12.5 Å². The van der Waals surface area contributed by atoms with Gasteiger partial charge in [-0.1, -0.05) is 30.7 Å². The van der Waals surface area contributed by atoms with E-state index >= 15 is 0 Å². The number of carbonyl (C=O) groups excluding carboxylic acids is 1. The summed E-state index contributed by atoms with van der Waals surface area (Å²) >= 11 is 6.08. The minimum atomic E-state index is -2.72. The minimum absolute atomic E-state index is 0.0883. The Balaban J connectivity index is 2.21. The van der Waals surface area contributed by atoms with Gasteiger partial charge in [0.1, 0.15) is 0 Å². The van der Waals surface area contributed by atoms with Crippen LogP contribution in [0.5, 0.6) is 0 Å². The summed E-state index contributed by atoms with van der Waals surface area (Å²) in [6.45, 7) is 1.99. The quantitative estimate of drug-likeness (QED) is 0.829. The molecule has 0 aliphatic carbocycles. The van der Waals surface area contributed by atoms with Crippen LogP contribution in [-0.2, 0) is 4.79 Å². The first-order valence-corrected chi connectivity index (χ1v) is 7.98. The molecule has 1 aliphatic heterocycles. The van der Waals surface area contributed by atoms with Crippen molar-refractivity contribution in [2.24, 2.45) is 5.92 Å². The zero-order valence-electron chi connectivity index (χ0n) is 13.3. The standard InChI is InChI=1S/C18H14ClF2N3O/c1-10-9-24(13-6-11(8-22)5-12(19)7-13)15-4-2-3-14(17(20)21)16(15)23-18(10)25/h2-7,10,17H,9H2,1H3,(H,23,25). The average molecular weight is 362 g/mol. The van der Waals surface area contributed by atoms with Crippen LogP contribution >= 0.6 is 11.6 Å². The molecular formula is C18H14ClF2N3O. The normalized spacial score (nSPS) is 16.9. The van der Waals surface area contributed by atoms with E-state index in [1.54, 1.807) is 30.0 Å². The van der Waals surface area contributed by atoms with Gasteiger partial charge in [-0.25, -0.2) is 8.78 Å². The first kappa shape index (κ1) is 17.2. The third-order valence-electron chi connectivity index (χ3n) is 4.08. The van der Waals surface area contributed by atoms with Crippen molar-refractivity contribution in [3.05, 3.63) is 52.5 Å². The van der Waals surface area contributed by atoms with E-state index in [4.69, 9.17) is 16.9 Å². The topological polar surface area (TPSA) is 56.1 Å². The zero-order chi connectivity index (χ0) is 18.1. The summed E-state index contributed by atoms with van der Waals surface area (Å²) in [5, 5.41) is 12.1. The fourth-order valence-corrected chi connectivity index (χ4v) is 3.07. The van der Waals surface area contributed by atoms with Crippen LogP contribution in [0.1, 0.15) is 24.5 Å². The Kier molecular flexibility index (Phi) is 4.60. The molecule has 0 bridgehead atoms. The summed E-state index contributed by atoms with van der Waals surface area (Å²) in [7, 11) is 0. The van der Waals surface area contributed by atoms with Crippen molar-refractivity contribution >= 4 is 34.6 Å². The maximum absolute atomic E-state index is 13.4. The zero-order valence-corrected chi connectivity index (χ0v) is 14.0. The molecule has 25 heavy (non-hydrogen) atoms. The highest BCUT2D eigenvalue weighted by Gasteiger charge is 2.29. The maximum atomic E-state index is 13.4. The highest BCUT2D eigenvalue weighted by Crippen LogP contribution is 2.41. The van der Waals surface area contributed by atoms with E-state index in [0.29, 0.717) is 22.0 Å². The Bertz CT molecular complexity index is 879. The van der Waals surface area contributed by atoms with E-state index < -0.39 is 12.3 Å². The smallest absolute Gasteiger partial charge is 0.265 e. The molecule has 1 unspecified atom stereocenters. The van der Waals surface area contributed by atoms with E-state index in [0.717, 1.165) is 0 Å². The molecule has 2 aromatic rings. The van der Waals surface area contributed by atoms with Crippen molar-refractivity contribution in [1.29, 1.82) is 5.26 Å². The maximum Gasteiger partial charge on any atom is 0.265 e. The average Bonchev–Trinajstić information content (AvgIpc) is 2.70. The molecule has 1 amide bonds. The summed E-state index contributed by atoms with van der Waals surface area (Å²) in [4.78, 5) is 14.0. The Labute approximate surface area is 148 Å². The van der Waals surface area contributed by atoms with E-state index in [2.05, 4.69) is 5.32 Å². The molecule has 0 saturated carbocycles. The Morgan fingerprint density at radius 1 is 1.36 bits per heavy atom. The van der Waals surface area contributed by atoms with Gasteiger partial charge in [-0.15, -0.1) is 0 Å². The number of carbonyl (C=O) groups is 1. The number of alkyl halides is 2. The van der Waals surface area contributed by atoms with Gasteiger partial charge in [0, 0.05) is 22.8 Å². The van der Waals surface area contributed by atoms with Crippen LogP contribution in [0.4, 0.5) is 25.8 Å². The highest BCUT2D eigenvalue weighted by atomic mass is 35.5. The molecule has 1 atom stereocenters. The fourth-order valence-electron chi connectivity index (χ4n) is 2.84. The van der Waals surface area contributed by atoms with E-state index in [9.17, 15) is 13.6 Å². The number of hydrogen-bond donors (Lipinski definition) is 1. The summed E-state index contributed by atoms with van der Waals surface area (Å²) in [5.41, 5.74) is 1.21. The number of hydrogen-bond acceptors (Lipinski definition) is 3. The summed E-state index contributed by atoms with van der Waals surface area (Å²) < 4.78 is 26.8. The van der Waals surface area contributed by atoms with Crippen LogP contribution < -0.4 is 10.2 Å². The summed E-state index contributed by atoms with van der Waals surface area (Å²) in [6.07, 6.45) is -2.72. The molecule has 0 aromatic heterocycles. The number of benzene rings is 2. The number of nitriles is 1. The molecular weight excluding hydrogens is 348 g/mol. The number of fused-ring (bicyclic) bond motifs is 1. The van der Waals surface area contributed by atoms with Crippen LogP contribution in [0.3, 0.4) is 0 Å². The lowest BCUT2D eigenvalue weighted by Gasteiger charge is -2.26. The molecule has 0 saturated heterocycles. The van der Waals surface area contributed by atoms with Gasteiger partial charge in [-0.05, 0) is 24.3 Å².